The SMILES string of the molecule is CC(=O)C1C=CC=C1.O=S(=O)([O-])C(F)(F)F.O=S(=O)([O-])C(F)(F)F.[Ru+2]. The van der Waals surface area contributed by atoms with Crippen molar-refractivity contribution >= 4 is 26.0 Å². The Kier molecular flexibility index (Phi) is 12.0. The van der Waals surface area contributed by atoms with Crippen LogP contribution in [-0.4, -0.2) is 42.7 Å². The summed E-state index contributed by atoms with van der Waals surface area (Å²) < 4.78 is 118. The van der Waals surface area contributed by atoms with E-state index in [0.29, 0.717) is 0 Å². The molecular weight excluding hydrogens is 499 g/mol. The second-order valence-corrected chi connectivity index (χ2v) is 6.45. The van der Waals surface area contributed by atoms with Crippen LogP contribution in [0.25, 0.3) is 0 Å². The number of allylic oxidation sites excluding steroid dienone is 4. The number of ketones is 1. The van der Waals surface area contributed by atoms with Gasteiger partial charge in [0.05, 0.1) is 5.92 Å². The van der Waals surface area contributed by atoms with E-state index in [4.69, 9.17) is 25.9 Å². The monoisotopic (exact) mass is 508 g/mol. The molecule has 0 heterocycles. The molecule has 1 aliphatic rings. The first-order valence-corrected chi connectivity index (χ1v) is 8.02. The van der Waals surface area contributed by atoms with E-state index in [0.717, 1.165) is 0 Å². The van der Waals surface area contributed by atoms with Crippen LogP contribution in [0.3, 0.4) is 0 Å². The summed E-state index contributed by atoms with van der Waals surface area (Å²) in [6.45, 7) is 1.60. The van der Waals surface area contributed by atoms with E-state index in [1.54, 1.807) is 6.92 Å². The van der Waals surface area contributed by atoms with Gasteiger partial charge >= 0.3 is 30.5 Å². The number of carbonyl (C=O) groups is 1. The molecular formula is C9H8F6O7RuS2. The number of hydrogen-bond acceptors (Lipinski definition) is 7. The number of Topliss-reactive ketones (excluding diaryl/α,β-unsaturated/α-hetero) is 1. The van der Waals surface area contributed by atoms with Crippen LogP contribution in [0, 0.1) is 5.92 Å². The predicted octanol–water partition coefficient (Wildman–Crippen LogP) is 1.42. The van der Waals surface area contributed by atoms with Crippen molar-refractivity contribution in [3.05, 3.63) is 24.3 Å². The van der Waals surface area contributed by atoms with Crippen molar-refractivity contribution < 1.29 is 76.6 Å². The van der Waals surface area contributed by atoms with Crippen LogP contribution in [0.1, 0.15) is 6.92 Å². The Bertz CT molecular complexity index is 637. The van der Waals surface area contributed by atoms with Gasteiger partial charge in [0.25, 0.3) is 0 Å². The maximum atomic E-state index is 10.7. The van der Waals surface area contributed by atoms with Crippen LogP contribution in [0.2, 0.25) is 0 Å². The quantitative estimate of drug-likeness (QED) is 0.227. The molecule has 0 atom stereocenters. The molecule has 0 N–H and O–H groups in total. The van der Waals surface area contributed by atoms with Gasteiger partial charge < -0.3 is 9.11 Å². The molecule has 0 fully saturated rings. The third-order valence-corrected chi connectivity index (χ3v) is 2.92. The van der Waals surface area contributed by atoms with Gasteiger partial charge in [-0.05, 0) is 6.92 Å². The number of carbonyl (C=O) groups excluding carboxylic acids is 1. The third-order valence-electron chi connectivity index (χ3n) is 1.78. The molecule has 0 amide bonds. The fourth-order valence-electron chi connectivity index (χ4n) is 0.703. The molecule has 25 heavy (non-hydrogen) atoms. The fourth-order valence-corrected chi connectivity index (χ4v) is 0.703. The molecule has 0 aromatic carbocycles. The van der Waals surface area contributed by atoms with E-state index in [1.807, 2.05) is 24.3 Å². The Morgan fingerprint density at radius 1 is 0.840 bits per heavy atom. The minimum Gasteiger partial charge on any atom is -0.741 e. The van der Waals surface area contributed by atoms with Crippen molar-refractivity contribution in [1.82, 2.24) is 0 Å². The summed E-state index contributed by atoms with van der Waals surface area (Å²) in [5.74, 6) is 0.282. The zero-order valence-electron chi connectivity index (χ0n) is 11.7. The second kappa shape index (κ2) is 10.4. The van der Waals surface area contributed by atoms with Crippen molar-refractivity contribution in [3.63, 3.8) is 0 Å². The van der Waals surface area contributed by atoms with Crippen LogP contribution in [0.5, 0.6) is 0 Å². The summed E-state index contributed by atoms with van der Waals surface area (Å²) in [4.78, 5) is 10.5. The zero-order chi connectivity index (χ0) is 20.0. The molecule has 0 saturated heterocycles. The summed E-state index contributed by atoms with van der Waals surface area (Å²) in [5.41, 5.74) is -11.3. The normalized spacial score (nSPS) is 14.6. The first kappa shape index (κ1) is 29.0. The Hall–Kier alpha value is -0.827. The van der Waals surface area contributed by atoms with E-state index >= 15 is 0 Å². The van der Waals surface area contributed by atoms with Crippen molar-refractivity contribution in [2.45, 2.75) is 17.9 Å². The summed E-state index contributed by atoms with van der Waals surface area (Å²) in [6.07, 6.45) is 7.57. The van der Waals surface area contributed by atoms with Crippen molar-refractivity contribution in [2.24, 2.45) is 5.92 Å². The van der Waals surface area contributed by atoms with Gasteiger partial charge in [-0.3, -0.25) is 4.79 Å². The average molecular weight is 507 g/mol. The zero-order valence-corrected chi connectivity index (χ0v) is 15.1. The van der Waals surface area contributed by atoms with Crippen LogP contribution in [-0.2, 0) is 44.5 Å². The molecule has 0 unspecified atom stereocenters. The largest absolute Gasteiger partial charge is 2.00 e. The van der Waals surface area contributed by atoms with Crippen LogP contribution >= 0.6 is 0 Å². The second-order valence-electron chi connectivity index (χ2n) is 3.71. The Morgan fingerprint density at radius 3 is 1.12 bits per heavy atom. The van der Waals surface area contributed by atoms with Crippen LogP contribution in [0.4, 0.5) is 26.3 Å². The summed E-state index contributed by atoms with van der Waals surface area (Å²) >= 11 is 0. The Labute approximate surface area is 151 Å². The van der Waals surface area contributed by atoms with Gasteiger partial charge in [0, 0.05) is 0 Å². The number of halogens is 6. The molecule has 0 radical (unpaired) electrons. The van der Waals surface area contributed by atoms with E-state index in [1.165, 1.54) is 0 Å². The minimum absolute atomic E-state index is 0. The maximum absolute atomic E-state index is 10.7. The van der Waals surface area contributed by atoms with Crippen LogP contribution in [0.15, 0.2) is 24.3 Å². The van der Waals surface area contributed by atoms with E-state index in [2.05, 4.69) is 0 Å². The Morgan fingerprint density at radius 2 is 1.04 bits per heavy atom. The molecule has 0 aromatic rings. The summed E-state index contributed by atoms with van der Waals surface area (Å²) in [7, 11) is -12.2. The van der Waals surface area contributed by atoms with Gasteiger partial charge in [-0.15, -0.1) is 0 Å². The standard InChI is InChI=1S/C7H8O.2CHF3O3S.Ru/c1-6(8)7-4-2-3-5-7;2*2-1(3,4)8(5,6)7;/h2-5,7H,1H3;2*(H,5,6,7);/q;;;+2/p-2. The predicted molar refractivity (Wildman–Crippen MR) is 64.0 cm³/mol. The molecule has 0 aromatic heterocycles. The van der Waals surface area contributed by atoms with Gasteiger partial charge in [-0.2, -0.15) is 26.3 Å². The molecule has 16 heteroatoms. The summed E-state index contributed by atoms with van der Waals surface area (Å²) in [5, 5.41) is 0. The van der Waals surface area contributed by atoms with Crippen LogP contribution < -0.4 is 0 Å². The molecule has 0 spiro atoms. The molecule has 0 saturated carbocycles. The molecule has 7 nitrogen and oxygen atoms in total. The smallest absolute Gasteiger partial charge is 0.741 e. The molecule has 1 aliphatic carbocycles. The molecule has 0 bridgehead atoms. The molecule has 0 aliphatic heterocycles. The first-order chi connectivity index (χ1) is 10.3. The van der Waals surface area contributed by atoms with Gasteiger partial charge in [-0.25, -0.2) is 16.8 Å². The maximum Gasteiger partial charge on any atom is 2.00 e. The first-order valence-electron chi connectivity index (χ1n) is 5.20. The van der Waals surface area contributed by atoms with E-state index in [9.17, 15) is 31.1 Å². The topological polar surface area (TPSA) is 131 Å². The van der Waals surface area contributed by atoms with E-state index in [-0.39, 0.29) is 31.2 Å². The Balaban J connectivity index is -0.000000285. The van der Waals surface area contributed by atoms with Gasteiger partial charge in [0.1, 0.15) is 5.78 Å². The fraction of sp³-hybridized carbons (Fsp3) is 0.444. The molecule has 148 valence electrons. The summed E-state index contributed by atoms with van der Waals surface area (Å²) in [6, 6.07) is 0. The molecule has 1 rings (SSSR count). The van der Waals surface area contributed by atoms with Crippen molar-refractivity contribution in [2.75, 3.05) is 0 Å². The van der Waals surface area contributed by atoms with Crippen molar-refractivity contribution in [1.29, 1.82) is 0 Å². The average Bonchev–Trinajstić information content (AvgIpc) is 2.77. The number of hydrogen-bond donors (Lipinski definition) is 0. The van der Waals surface area contributed by atoms with Crippen molar-refractivity contribution in [3.8, 4) is 0 Å². The third kappa shape index (κ3) is 13.1. The minimum atomic E-state index is -6.09. The number of rotatable bonds is 1. The van der Waals surface area contributed by atoms with Gasteiger partial charge in [-0.1, -0.05) is 24.3 Å². The van der Waals surface area contributed by atoms with E-state index < -0.39 is 31.3 Å². The van der Waals surface area contributed by atoms with Gasteiger partial charge in [0.15, 0.2) is 20.2 Å². The number of alkyl halides is 6. The van der Waals surface area contributed by atoms with Gasteiger partial charge in [0.2, 0.25) is 0 Å².